The van der Waals surface area contributed by atoms with Gasteiger partial charge in [0.2, 0.25) is 0 Å². The van der Waals surface area contributed by atoms with Gasteiger partial charge >= 0.3 is 5.97 Å². The molecule has 2 amide bonds. The zero-order valence-electron chi connectivity index (χ0n) is 16.0. The summed E-state index contributed by atoms with van der Waals surface area (Å²) in [6.07, 6.45) is 0. The summed E-state index contributed by atoms with van der Waals surface area (Å²) in [5.74, 6) is -2.90. The molecule has 0 spiro atoms. The van der Waals surface area contributed by atoms with E-state index in [1.807, 2.05) is 6.07 Å². The lowest BCUT2D eigenvalue weighted by atomic mass is 9.94. The molecule has 1 saturated heterocycles. The molecule has 1 atom stereocenters. The van der Waals surface area contributed by atoms with Crippen LogP contribution in [0, 0.1) is 0 Å². The number of amides is 2. The van der Waals surface area contributed by atoms with Gasteiger partial charge in [-0.15, -0.1) is 0 Å². The maximum atomic E-state index is 12.9. The summed E-state index contributed by atoms with van der Waals surface area (Å²) in [4.78, 5) is 60.4. The lowest BCUT2D eigenvalue weighted by Gasteiger charge is -2.43. The minimum Gasteiger partial charge on any atom is -0.478 e. The number of ketones is 1. The highest BCUT2D eigenvalue weighted by molar-refractivity contribution is 6.46. The van der Waals surface area contributed by atoms with Crippen LogP contribution in [0.4, 0.5) is 0 Å². The molecule has 2 N–H and O–H groups in total. The Morgan fingerprint density at radius 1 is 1.16 bits per heavy atom. The molecule has 0 unspecified atom stereocenters. The molecule has 1 aromatic carbocycles. The number of Topliss-reactive ketones (excluding diaryl/α,β-unsaturated/α-hetero) is 1. The van der Waals surface area contributed by atoms with Gasteiger partial charge in [0.05, 0.1) is 28.4 Å². The van der Waals surface area contributed by atoms with E-state index in [4.69, 9.17) is 11.6 Å². The van der Waals surface area contributed by atoms with Crippen molar-refractivity contribution < 1.29 is 24.3 Å². The van der Waals surface area contributed by atoms with E-state index in [-0.39, 0.29) is 52.9 Å². The van der Waals surface area contributed by atoms with Gasteiger partial charge in [0.25, 0.3) is 17.6 Å². The van der Waals surface area contributed by atoms with Crippen molar-refractivity contribution in [3.05, 3.63) is 63.9 Å². The maximum Gasteiger partial charge on any atom is 0.338 e. The normalized spacial score (nSPS) is 18.2. The van der Waals surface area contributed by atoms with E-state index in [9.17, 15) is 24.3 Å². The van der Waals surface area contributed by atoms with Gasteiger partial charge in [0.1, 0.15) is 10.7 Å². The number of pyridine rings is 1. The van der Waals surface area contributed by atoms with Crippen LogP contribution in [0.5, 0.6) is 0 Å². The number of benzene rings is 1. The van der Waals surface area contributed by atoms with Crippen molar-refractivity contribution in [2.45, 2.75) is 6.04 Å². The van der Waals surface area contributed by atoms with Crippen LogP contribution in [0.3, 0.4) is 0 Å². The fourth-order valence-electron chi connectivity index (χ4n) is 4.25. The van der Waals surface area contributed by atoms with Crippen molar-refractivity contribution in [1.82, 2.24) is 19.8 Å². The third-order valence-corrected chi connectivity index (χ3v) is 5.88. The average molecular weight is 439 g/mol. The number of nitrogens with zero attached hydrogens (tertiary/aromatic N) is 3. The Hall–Kier alpha value is -3.72. The second-order valence-electron chi connectivity index (χ2n) is 7.40. The number of piperazine rings is 1. The Bertz CT molecular complexity index is 1290. The molecule has 0 bridgehead atoms. The zero-order valence-corrected chi connectivity index (χ0v) is 16.7. The van der Waals surface area contributed by atoms with Crippen LogP contribution >= 0.6 is 11.6 Å². The van der Waals surface area contributed by atoms with Gasteiger partial charge < -0.3 is 19.9 Å². The lowest BCUT2D eigenvalue weighted by Crippen LogP contribution is -2.56. The number of carbonyl (C=O) groups is 4. The van der Waals surface area contributed by atoms with Crippen LogP contribution in [-0.4, -0.2) is 68.1 Å². The Kier molecular flexibility index (Phi) is 4.30. The summed E-state index contributed by atoms with van der Waals surface area (Å²) in [6, 6.07) is 9.33. The van der Waals surface area contributed by atoms with E-state index in [0.29, 0.717) is 11.3 Å². The second kappa shape index (κ2) is 6.92. The van der Waals surface area contributed by atoms with Crippen molar-refractivity contribution in [2.24, 2.45) is 0 Å². The Morgan fingerprint density at radius 2 is 1.90 bits per heavy atom. The third-order valence-electron chi connectivity index (χ3n) is 5.69. The standard InChI is InChI=1S/C21H15ClN4O5/c22-13-8-11(21(30)31)15-17(23-13)14-16(24-15)12-9-25(6-7-26(12)20(29)18(14)27)19(28)10-4-2-1-3-5-10/h1-5,8,12,24H,6-7,9H2,(H,30,31)/t12-/m0/s1. The number of carboxylic acids is 1. The SMILES string of the molecule is O=C1C(=O)N2CCN(C(=O)c3ccccc3)C[C@H]2c2[nH]c3c(C(=O)O)cc(Cl)nc3c21. The topological polar surface area (TPSA) is 124 Å². The van der Waals surface area contributed by atoms with Crippen molar-refractivity contribution in [3.63, 3.8) is 0 Å². The number of halogens is 1. The van der Waals surface area contributed by atoms with Crippen molar-refractivity contribution in [2.75, 3.05) is 19.6 Å². The number of H-pyrrole nitrogens is 1. The number of aromatic nitrogens is 2. The Balaban J connectivity index is 1.62. The van der Waals surface area contributed by atoms with Crippen molar-refractivity contribution in [1.29, 1.82) is 0 Å². The number of carbonyl (C=O) groups excluding carboxylic acids is 3. The quantitative estimate of drug-likeness (QED) is 0.466. The first-order chi connectivity index (χ1) is 14.9. The number of hydrogen-bond acceptors (Lipinski definition) is 5. The number of aromatic amines is 1. The van der Waals surface area contributed by atoms with Crippen LogP contribution in [0.1, 0.15) is 42.8 Å². The fraction of sp³-hybridized carbons (Fsp3) is 0.190. The molecule has 2 aromatic heterocycles. The number of hydrogen-bond donors (Lipinski definition) is 2. The van der Waals surface area contributed by atoms with E-state index in [2.05, 4.69) is 9.97 Å². The smallest absolute Gasteiger partial charge is 0.338 e. The minimum absolute atomic E-state index is 0.0141. The highest BCUT2D eigenvalue weighted by atomic mass is 35.5. The molecule has 0 saturated carbocycles. The summed E-state index contributed by atoms with van der Waals surface area (Å²) in [7, 11) is 0. The summed E-state index contributed by atoms with van der Waals surface area (Å²) in [5, 5.41) is 9.44. The van der Waals surface area contributed by atoms with E-state index in [1.54, 1.807) is 29.2 Å². The highest BCUT2D eigenvalue weighted by Crippen LogP contribution is 2.38. The predicted molar refractivity (Wildman–Crippen MR) is 109 cm³/mol. The number of rotatable bonds is 2. The van der Waals surface area contributed by atoms with Crippen LogP contribution in [0.15, 0.2) is 36.4 Å². The molecule has 9 nitrogen and oxygen atoms in total. The molecule has 0 radical (unpaired) electrons. The molecule has 31 heavy (non-hydrogen) atoms. The van der Waals surface area contributed by atoms with E-state index >= 15 is 0 Å². The number of fused-ring (bicyclic) bond motifs is 5. The molecule has 4 heterocycles. The van der Waals surface area contributed by atoms with Crippen LogP contribution in [-0.2, 0) is 4.79 Å². The molecule has 5 rings (SSSR count). The van der Waals surface area contributed by atoms with Gasteiger partial charge in [0.15, 0.2) is 0 Å². The zero-order chi connectivity index (χ0) is 21.9. The van der Waals surface area contributed by atoms with Crippen LogP contribution in [0.25, 0.3) is 11.0 Å². The van der Waals surface area contributed by atoms with Gasteiger partial charge in [0, 0.05) is 25.2 Å². The Morgan fingerprint density at radius 3 is 2.61 bits per heavy atom. The number of aromatic carboxylic acids is 1. The van der Waals surface area contributed by atoms with E-state index < -0.39 is 23.7 Å². The predicted octanol–water partition coefficient (Wildman–Crippen LogP) is 2.14. The lowest BCUT2D eigenvalue weighted by molar-refractivity contribution is -0.131. The molecule has 3 aromatic rings. The highest BCUT2D eigenvalue weighted by Gasteiger charge is 2.45. The molecular weight excluding hydrogens is 424 g/mol. The van der Waals surface area contributed by atoms with Gasteiger partial charge in [-0.1, -0.05) is 29.8 Å². The maximum absolute atomic E-state index is 12.9. The number of nitrogens with one attached hydrogen (secondary N) is 1. The fourth-order valence-corrected chi connectivity index (χ4v) is 4.45. The minimum atomic E-state index is -1.24. The van der Waals surface area contributed by atoms with Crippen molar-refractivity contribution in [3.8, 4) is 0 Å². The largest absolute Gasteiger partial charge is 0.478 e. The summed E-state index contributed by atoms with van der Waals surface area (Å²) < 4.78 is 0. The van der Waals surface area contributed by atoms with Gasteiger partial charge in [-0.05, 0) is 18.2 Å². The number of carboxylic acid groups (broad SMARTS) is 1. The van der Waals surface area contributed by atoms with Gasteiger partial charge in [-0.25, -0.2) is 9.78 Å². The molecular formula is C21H15ClN4O5. The van der Waals surface area contributed by atoms with Gasteiger partial charge in [-0.2, -0.15) is 0 Å². The monoisotopic (exact) mass is 438 g/mol. The summed E-state index contributed by atoms with van der Waals surface area (Å²) >= 11 is 5.97. The van der Waals surface area contributed by atoms with E-state index in [1.165, 1.54) is 11.0 Å². The first kappa shape index (κ1) is 19.3. The molecule has 0 aliphatic carbocycles. The second-order valence-corrected chi connectivity index (χ2v) is 7.78. The molecule has 2 aliphatic rings. The van der Waals surface area contributed by atoms with E-state index in [0.717, 1.165) is 0 Å². The Labute approximate surface area is 180 Å². The summed E-state index contributed by atoms with van der Waals surface area (Å²) in [6.45, 7) is 0.620. The molecule has 156 valence electrons. The average Bonchev–Trinajstić information content (AvgIpc) is 3.16. The van der Waals surface area contributed by atoms with Crippen LogP contribution in [0.2, 0.25) is 5.15 Å². The van der Waals surface area contributed by atoms with Gasteiger partial charge in [-0.3, -0.25) is 14.4 Å². The van der Waals surface area contributed by atoms with Crippen LogP contribution < -0.4 is 0 Å². The molecule has 1 fully saturated rings. The molecule has 2 aliphatic heterocycles. The first-order valence-corrected chi connectivity index (χ1v) is 9.89. The third kappa shape index (κ3) is 2.89. The summed E-state index contributed by atoms with van der Waals surface area (Å²) in [5.41, 5.74) is 0.917. The van der Waals surface area contributed by atoms with Crippen molar-refractivity contribution >= 4 is 46.2 Å². The first-order valence-electron chi connectivity index (χ1n) is 9.52. The molecule has 10 heteroatoms.